The number of carbonyl (C=O) groups is 1. The van der Waals surface area contributed by atoms with Crippen molar-refractivity contribution in [3.05, 3.63) is 23.8 Å². The first-order chi connectivity index (χ1) is 11.3. The van der Waals surface area contributed by atoms with E-state index >= 15 is 0 Å². The Morgan fingerprint density at radius 2 is 1.87 bits per heavy atom. The minimum absolute atomic E-state index is 0.0392. The minimum Gasteiger partial charge on any atom is -0.493 e. The number of methoxy groups -OCH3 is 1. The summed E-state index contributed by atoms with van der Waals surface area (Å²) in [5.74, 6) is 1.33. The van der Waals surface area contributed by atoms with E-state index in [2.05, 4.69) is 10.6 Å². The van der Waals surface area contributed by atoms with Gasteiger partial charge in [-0.15, -0.1) is 0 Å². The van der Waals surface area contributed by atoms with Crippen LogP contribution in [0.2, 0.25) is 0 Å². The summed E-state index contributed by atoms with van der Waals surface area (Å²) in [7, 11) is 1.62. The third-order valence-corrected chi connectivity index (χ3v) is 4.70. The number of carbonyl (C=O) groups excluding carboxylic acids is 1. The lowest BCUT2D eigenvalue weighted by Crippen LogP contribution is -2.42. The van der Waals surface area contributed by atoms with Crippen molar-refractivity contribution in [3.8, 4) is 11.5 Å². The van der Waals surface area contributed by atoms with Crippen LogP contribution >= 0.6 is 0 Å². The first kappa shape index (κ1) is 16.1. The van der Waals surface area contributed by atoms with Crippen molar-refractivity contribution >= 4 is 5.91 Å². The van der Waals surface area contributed by atoms with E-state index in [1.807, 2.05) is 12.1 Å². The number of nitrogens with one attached hydrogen (secondary N) is 2. The van der Waals surface area contributed by atoms with Gasteiger partial charge in [-0.05, 0) is 69.8 Å². The Kier molecular flexibility index (Phi) is 5.39. The summed E-state index contributed by atoms with van der Waals surface area (Å²) < 4.78 is 11.4. The minimum atomic E-state index is -0.0392. The van der Waals surface area contributed by atoms with E-state index in [-0.39, 0.29) is 18.1 Å². The van der Waals surface area contributed by atoms with E-state index in [0.717, 1.165) is 44.5 Å². The standard InChI is InChI=1S/C18H26N2O3/c1-22-17-12-13(18(21)20-14-8-10-19-11-9-14)6-7-16(17)23-15-4-2-3-5-15/h6-7,12,14-15,19H,2-5,8-11H2,1H3,(H,20,21). The maximum absolute atomic E-state index is 12.4. The van der Waals surface area contributed by atoms with Crippen LogP contribution in [0.25, 0.3) is 0 Å². The van der Waals surface area contributed by atoms with E-state index in [4.69, 9.17) is 9.47 Å². The van der Waals surface area contributed by atoms with Crippen LogP contribution < -0.4 is 20.1 Å². The largest absolute Gasteiger partial charge is 0.493 e. The molecular formula is C18H26N2O3. The van der Waals surface area contributed by atoms with Crippen LogP contribution in [0.3, 0.4) is 0 Å². The van der Waals surface area contributed by atoms with E-state index in [0.29, 0.717) is 11.3 Å². The van der Waals surface area contributed by atoms with Crippen LogP contribution in [-0.4, -0.2) is 38.3 Å². The molecule has 1 aromatic rings. The zero-order valence-electron chi connectivity index (χ0n) is 13.8. The predicted octanol–water partition coefficient (Wildman–Crippen LogP) is 2.50. The fourth-order valence-electron chi connectivity index (χ4n) is 3.33. The highest BCUT2D eigenvalue weighted by molar-refractivity contribution is 5.95. The van der Waals surface area contributed by atoms with E-state index in [1.165, 1.54) is 12.8 Å². The molecule has 1 aliphatic carbocycles. The predicted molar refractivity (Wildman–Crippen MR) is 89.2 cm³/mol. The molecule has 2 N–H and O–H groups in total. The van der Waals surface area contributed by atoms with Crippen molar-refractivity contribution < 1.29 is 14.3 Å². The number of piperidine rings is 1. The van der Waals surface area contributed by atoms with Crippen molar-refractivity contribution in [2.45, 2.75) is 50.7 Å². The van der Waals surface area contributed by atoms with Crippen LogP contribution in [-0.2, 0) is 0 Å². The fraction of sp³-hybridized carbons (Fsp3) is 0.611. The van der Waals surface area contributed by atoms with Crippen LogP contribution in [0.5, 0.6) is 11.5 Å². The Bertz CT molecular complexity index is 535. The summed E-state index contributed by atoms with van der Waals surface area (Å²) >= 11 is 0. The van der Waals surface area contributed by atoms with Gasteiger partial charge >= 0.3 is 0 Å². The number of rotatable bonds is 5. The average Bonchev–Trinajstić information content (AvgIpc) is 3.09. The quantitative estimate of drug-likeness (QED) is 0.876. The van der Waals surface area contributed by atoms with Gasteiger partial charge in [0.05, 0.1) is 13.2 Å². The molecule has 0 atom stereocenters. The first-order valence-corrected chi connectivity index (χ1v) is 8.62. The summed E-state index contributed by atoms with van der Waals surface area (Å²) in [4.78, 5) is 12.4. The van der Waals surface area contributed by atoms with Gasteiger partial charge in [0.15, 0.2) is 11.5 Å². The smallest absolute Gasteiger partial charge is 0.251 e. The Morgan fingerprint density at radius 1 is 1.13 bits per heavy atom. The molecule has 1 heterocycles. The molecule has 0 spiro atoms. The summed E-state index contributed by atoms with van der Waals surface area (Å²) in [6, 6.07) is 5.71. The van der Waals surface area contributed by atoms with Crippen molar-refractivity contribution in [2.75, 3.05) is 20.2 Å². The lowest BCUT2D eigenvalue weighted by Gasteiger charge is -2.24. The van der Waals surface area contributed by atoms with Gasteiger partial charge in [0, 0.05) is 11.6 Å². The Morgan fingerprint density at radius 3 is 2.57 bits per heavy atom. The number of hydrogen-bond donors (Lipinski definition) is 2. The average molecular weight is 318 g/mol. The van der Waals surface area contributed by atoms with Gasteiger partial charge in [-0.3, -0.25) is 4.79 Å². The van der Waals surface area contributed by atoms with Gasteiger partial charge in [0.1, 0.15) is 0 Å². The van der Waals surface area contributed by atoms with Crippen LogP contribution in [0.15, 0.2) is 18.2 Å². The molecule has 1 saturated heterocycles. The normalized spacial score (nSPS) is 19.5. The molecule has 1 amide bonds. The fourth-order valence-corrected chi connectivity index (χ4v) is 3.33. The molecule has 1 saturated carbocycles. The molecule has 0 aromatic heterocycles. The number of benzene rings is 1. The summed E-state index contributed by atoms with van der Waals surface area (Å²) in [5, 5.41) is 6.40. The molecular weight excluding hydrogens is 292 g/mol. The van der Waals surface area contributed by atoms with Crippen LogP contribution in [0, 0.1) is 0 Å². The maximum Gasteiger partial charge on any atom is 0.251 e. The highest BCUT2D eigenvalue weighted by Crippen LogP contribution is 2.32. The van der Waals surface area contributed by atoms with Crippen LogP contribution in [0.4, 0.5) is 0 Å². The lowest BCUT2D eigenvalue weighted by atomic mass is 10.1. The zero-order valence-corrected chi connectivity index (χ0v) is 13.8. The molecule has 0 radical (unpaired) electrons. The molecule has 2 fully saturated rings. The molecule has 2 aliphatic rings. The number of ether oxygens (including phenoxy) is 2. The number of amides is 1. The van der Waals surface area contributed by atoms with Gasteiger partial charge < -0.3 is 20.1 Å². The second kappa shape index (κ2) is 7.68. The second-order valence-electron chi connectivity index (χ2n) is 6.39. The van der Waals surface area contributed by atoms with Crippen LogP contribution in [0.1, 0.15) is 48.9 Å². The monoisotopic (exact) mass is 318 g/mol. The van der Waals surface area contributed by atoms with Gasteiger partial charge in [-0.25, -0.2) is 0 Å². The van der Waals surface area contributed by atoms with E-state index in [9.17, 15) is 4.79 Å². The molecule has 23 heavy (non-hydrogen) atoms. The van der Waals surface area contributed by atoms with E-state index < -0.39 is 0 Å². The Hall–Kier alpha value is -1.75. The van der Waals surface area contributed by atoms with Crippen molar-refractivity contribution in [2.24, 2.45) is 0 Å². The maximum atomic E-state index is 12.4. The topological polar surface area (TPSA) is 59.6 Å². The number of hydrogen-bond acceptors (Lipinski definition) is 4. The molecule has 3 rings (SSSR count). The van der Waals surface area contributed by atoms with Crippen molar-refractivity contribution in [1.82, 2.24) is 10.6 Å². The molecule has 1 aromatic carbocycles. The molecule has 1 aliphatic heterocycles. The third kappa shape index (κ3) is 4.16. The molecule has 0 bridgehead atoms. The molecule has 126 valence electrons. The lowest BCUT2D eigenvalue weighted by molar-refractivity contribution is 0.0929. The second-order valence-corrected chi connectivity index (χ2v) is 6.39. The highest BCUT2D eigenvalue weighted by Gasteiger charge is 2.20. The highest BCUT2D eigenvalue weighted by atomic mass is 16.5. The van der Waals surface area contributed by atoms with Gasteiger partial charge in [-0.1, -0.05) is 0 Å². The summed E-state index contributed by atoms with van der Waals surface area (Å²) in [6.07, 6.45) is 6.88. The summed E-state index contributed by atoms with van der Waals surface area (Å²) in [6.45, 7) is 1.92. The Balaban J connectivity index is 1.66. The van der Waals surface area contributed by atoms with Gasteiger partial charge in [-0.2, -0.15) is 0 Å². The molecule has 0 unspecified atom stereocenters. The van der Waals surface area contributed by atoms with Crippen molar-refractivity contribution in [1.29, 1.82) is 0 Å². The first-order valence-electron chi connectivity index (χ1n) is 8.62. The zero-order chi connectivity index (χ0) is 16.1. The molecule has 5 nitrogen and oxygen atoms in total. The van der Waals surface area contributed by atoms with E-state index in [1.54, 1.807) is 13.2 Å². The van der Waals surface area contributed by atoms with Crippen molar-refractivity contribution in [3.63, 3.8) is 0 Å². The Labute approximate surface area is 137 Å². The summed E-state index contributed by atoms with van der Waals surface area (Å²) in [5.41, 5.74) is 0.624. The van der Waals surface area contributed by atoms with Gasteiger partial charge in [0.2, 0.25) is 0 Å². The SMILES string of the molecule is COc1cc(C(=O)NC2CCNCC2)ccc1OC1CCCC1. The third-order valence-electron chi connectivity index (χ3n) is 4.70. The van der Waals surface area contributed by atoms with Gasteiger partial charge in [0.25, 0.3) is 5.91 Å². The molecule has 5 heteroatoms.